The molecule has 2 N–H and O–H groups in total. The van der Waals surface area contributed by atoms with Crippen LogP contribution in [0.5, 0.6) is 5.75 Å². The average molecular weight is 306 g/mol. The highest BCUT2D eigenvalue weighted by atomic mass is 16.5. The van der Waals surface area contributed by atoms with Gasteiger partial charge in [0.1, 0.15) is 5.75 Å². The van der Waals surface area contributed by atoms with Gasteiger partial charge in [-0.05, 0) is 50.3 Å². The average Bonchev–Trinajstić information content (AvgIpc) is 2.35. The zero-order valence-electron chi connectivity index (χ0n) is 14.7. The van der Waals surface area contributed by atoms with Gasteiger partial charge >= 0.3 is 6.03 Å². The third kappa shape index (κ3) is 7.34. The van der Waals surface area contributed by atoms with Crippen molar-refractivity contribution in [3.05, 3.63) is 29.8 Å². The van der Waals surface area contributed by atoms with Crippen LogP contribution in [0.15, 0.2) is 24.3 Å². The maximum Gasteiger partial charge on any atom is 0.315 e. The lowest BCUT2D eigenvalue weighted by molar-refractivity contribution is 0.230. The number of urea groups is 1. The van der Waals surface area contributed by atoms with Crippen LogP contribution in [0.1, 0.15) is 53.5 Å². The third-order valence-electron chi connectivity index (χ3n) is 3.08. The standard InChI is InChI=1S/C18H30N2O2/c1-17(2,3)14-8-10-15(11-9-14)22-13-7-12-19-16(21)20-18(4,5)6/h8-11H,7,12-13H2,1-6H3,(H2,19,20,21). The van der Waals surface area contributed by atoms with Crippen LogP contribution in [0.25, 0.3) is 0 Å². The normalized spacial score (nSPS) is 11.9. The number of ether oxygens (including phenoxy) is 1. The van der Waals surface area contributed by atoms with Gasteiger partial charge in [-0.15, -0.1) is 0 Å². The Bertz CT molecular complexity index is 467. The fraction of sp³-hybridized carbons (Fsp3) is 0.611. The summed E-state index contributed by atoms with van der Waals surface area (Å²) in [6.45, 7) is 13.6. The van der Waals surface area contributed by atoms with Gasteiger partial charge < -0.3 is 15.4 Å². The van der Waals surface area contributed by atoms with Crippen molar-refractivity contribution >= 4 is 6.03 Å². The van der Waals surface area contributed by atoms with Gasteiger partial charge in [-0.1, -0.05) is 32.9 Å². The van der Waals surface area contributed by atoms with Gasteiger partial charge in [0.25, 0.3) is 0 Å². The second-order valence-corrected chi connectivity index (χ2v) is 7.61. The molecule has 0 unspecified atom stereocenters. The fourth-order valence-corrected chi connectivity index (χ4v) is 1.90. The zero-order chi connectivity index (χ0) is 16.8. The molecule has 0 aliphatic rings. The van der Waals surface area contributed by atoms with E-state index in [0.717, 1.165) is 12.2 Å². The highest BCUT2D eigenvalue weighted by Crippen LogP contribution is 2.24. The Kier molecular flexibility index (Phi) is 6.27. The van der Waals surface area contributed by atoms with Crippen molar-refractivity contribution in [3.63, 3.8) is 0 Å². The zero-order valence-corrected chi connectivity index (χ0v) is 14.7. The van der Waals surface area contributed by atoms with E-state index in [1.165, 1.54) is 5.56 Å². The number of hydrogen-bond donors (Lipinski definition) is 2. The summed E-state index contributed by atoms with van der Waals surface area (Å²) < 4.78 is 5.68. The number of carbonyl (C=O) groups excluding carboxylic acids is 1. The Morgan fingerprint density at radius 3 is 2.14 bits per heavy atom. The summed E-state index contributed by atoms with van der Waals surface area (Å²) in [5.41, 5.74) is 1.23. The van der Waals surface area contributed by atoms with E-state index in [2.05, 4.69) is 43.5 Å². The van der Waals surface area contributed by atoms with Gasteiger partial charge in [0, 0.05) is 12.1 Å². The molecule has 2 amide bonds. The van der Waals surface area contributed by atoms with E-state index >= 15 is 0 Å². The number of benzene rings is 1. The summed E-state index contributed by atoms with van der Waals surface area (Å²) in [5, 5.41) is 5.68. The maximum atomic E-state index is 11.6. The van der Waals surface area contributed by atoms with Crippen molar-refractivity contribution in [2.45, 2.75) is 58.9 Å². The molecule has 0 saturated heterocycles. The first kappa shape index (κ1) is 18.3. The van der Waals surface area contributed by atoms with E-state index in [1.54, 1.807) is 0 Å². The van der Waals surface area contributed by atoms with Gasteiger partial charge in [-0.2, -0.15) is 0 Å². The number of rotatable bonds is 5. The first-order chi connectivity index (χ1) is 10.1. The predicted molar refractivity (Wildman–Crippen MR) is 91.5 cm³/mol. The van der Waals surface area contributed by atoms with Crippen molar-refractivity contribution in [1.29, 1.82) is 0 Å². The quantitative estimate of drug-likeness (QED) is 0.812. The fourth-order valence-electron chi connectivity index (χ4n) is 1.90. The molecule has 1 aromatic rings. The number of hydrogen-bond acceptors (Lipinski definition) is 2. The summed E-state index contributed by atoms with van der Waals surface area (Å²) in [6.07, 6.45) is 0.776. The summed E-state index contributed by atoms with van der Waals surface area (Å²) in [4.78, 5) is 11.6. The Labute approximate surface area is 134 Å². The molecule has 0 aliphatic carbocycles. The molecule has 22 heavy (non-hydrogen) atoms. The first-order valence-electron chi connectivity index (χ1n) is 7.87. The topological polar surface area (TPSA) is 50.4 Å². The first-order valence-corrected chi connectivity index (χ1v) is 7.87. The molecule has 124 valence electrons. The number of carbonyl (C=O) groups is 1. The molecule has 1 rings (SSSR count). The smallest absolute Gasteiger partial charge is 0.315 e. The molecule has 0 radical (unpaired) electrons. The van der Waals surface area contributed by atoms with E-state index in [4.69, 9.17) is 4.74 Å². The monoisotopic (exact) mass is 306 g/mol. The van der Waals surface area contributed by atoms with E-state index in [9.17, 15) is 4.79 Å². The Morgan fingerprint density at radius 1 is 1.05 bits per heavy atom. The minimum absolute atomic E-state index is 0.137. The lowest BCUT2D eigenvalue weighted by Gasteiger charge is -2.20. The van der Waals surface area contributed by atoms with Crippen molar-refractivity contribution in [3.8, 4) is 5.75 Å². The van der Waals surface area contributed by atoms with Gasteiger partial charge in [0.2, 0.25) is 0 Å². The molecule has 4 heteroatoms. The molecule has 4 nitrogen and oxygen atoms in total. The maximum absolute atomic E-state index is 11.6. The van der Waals surface area contributed by atoms with Gasteiger partial charge in [-0.3, -0.25) is 0 Å². The highest BCUT2D eigenvalue weighted by molar-refractivity contribution is 5.74. The molecule has 0 saturated carbocycles. The third-order valence-corrected chi connectivity index (χ3v) is 3.08. The Balaban J connectivity index is 2.24. The summed E-state index contributed by atoms with van der Waals surface area (Å²) in [5.74, 6) is 0.868. The molecule has 0 atom stereocenters. The van der Waals surface area contributed by atoms with Crippen molar-refractivity contribution < 1.29 is 9.53 Å². The molecule has 0 bridgehead atoms. The molecule has 0 aliphatic heterocycles. The van der Waals surface area contributed by atoms with Crippen LogP contribution in [-0.2, 0) is 5.41 Å². The molecule has 0 heterocycles. The van der Waals surface area contributed by atoms with Gasteiger partial charge in [0.05, 0.1) is 6.61 Å². The second kappa shape index (κ2) is 7.52. The van der Waals surface area contributed by atoms with Crippen molar-refractivity contribution in [2.75, 3.05) is 13.2 Å². The van der Waals surface area contributed by atoms with E-state index in [1.807, 2.05) is 32.9 Å². The molecular formula is C18H30N2O2. The largest absolute Gasteiger partial charge is 0.494 e. The summed E-state index contributed by atoms with van der Waals surface area (Å²) >= 11 is 0. The van der Waals surface area contributed by atoms with E-state index in [0.29, 0.717) is 13.2 Å². The van der Waals surface area contributed by atoms with Crippen LogP contribution < -0.4 is 15.4 Å². The second-order valence-electron chi connectivity index (χ2n) is 7.61. The molecule has 0 spiro atoms. The SMILES string of the molecule is CC(C)(C)NC(=O)NCCCOc1ccc(C(C)(C)C)cc1. The lowest BCUT2D eigenvalue weighted by atomic mass is 9.87. The number of amides is 2. The summed E-state index contributed by atoms with van der Waals surface area (Å²) in [6, 6.07) is 8.07. The van der Waals surface area contributed by atoms with Crippen molar-refractivity contribution in [2.24, 2.45) is 0 Å². The van der Waals surface area contributed by atoms with Crippen LogP contribution in [0, 0.1) is 0 Å². The Hall–Kier alpha value is -1.71. The van der Waals surface area contributed by atoms with Crippen LogP contribution in [0.2, 0.25) is 0 Å². The van der Waals surface area contributed by atoms with Gasteiger partial charge in [0.15, 0.2) is 0 Å². The minimum Gasteiger partial charge on any atom is -0.494 e. The van der Waals surface area contributed by atoms with Crippen LogP contribution in [0.3, 0.4) is 0 Å². The molecular weight excluding hydrogens is 276 g/mol. The predicted octanol–water partition coefficient (Wildman–Crippen LogP) is 3.85. The Morgan fingerprint density at radius 2 is 1.64 bits per heavy atom. The highest BCUT2D eigenvalue weighted by Gasteiger charge is 2.13. The number of nitrogens with one attached hydrogen (secondary N) is 2. The van der Waals surface area contributed by atoms with E-state index < -0.39 is 0 Å². The van der Waals surface area contributed by atoms with Gasteiger partial charge in [-0.25, -0.2) is 4.79 Å². The van der Waals surface area contributed by atoms with Crippen molar-refractivity contribution in [1.82, 2.24) is 10.6 Å². The van der Waals surface area contributed by atoms with Crippen LogP contribution in [0.4, 0.5) is 4.79 Å². The van der Waals surface area contributed by atoms with Crippen LogP contribution >= 0.6 is 0 Å². The van der Waals surface area contributed by atoms with Crippen LogP contribution in [-0.4, -0.2) is 24.7 Å². The lowest BCUT2D eigenvalue weighted by Crippen LogP contribution is -2.46. The molecule has 1 aromatic carbocycles. The summed E-state index contributed by atoms with van der Waals surface area (Å²) in [7, 11) is 0. The molecule has 0 fully saturated rings. The minimum atomic E-state index is -0.213. The molecule has 0 aromatic heterocycles. The van der Waals surface area contributed by atoms with E-state index in [-0.39, 0.29) is 17.0 Å².